The zero-order valence-electron chi connectivity index (χ0n) is 18.9. The van der Waals surface area contributed by atoms with Crippen LogP contribution >= 0.6 is 0 Å². The second-order valence-corrected chi connectivity index (χ2v) is 9.56. The molecule has 0 spiro atoms. The summed E-state index contributed by atoms with van der Waals surface area (Å²) in [4.78, 5) is 0. The lowest BCUT2D eigenvalue weighted by atomic mass is 9.79. The van der Waals surface area contributed by atoms with Gasteiger partial charge in [-0.15, -0.1) is 0 Å². The van der Waals surface area contributed by atoms with Crippen LogP contribution in [0.2, 0.25) is 0 Å². The molecule has 0 aromatic rings. The molecule has 0 nitrogen and oxygen atoms in total. The summed E-state index contributed by atoms with van der Waals surface area (Å²) in [5, 5.41) is 0. The van der Waals surface area contributed by atoms with Gasteiger partial charge in [0.2, 0.25) is 0 Å². The average Bonchev–Trinajstić information content (AvgIpc) is 2.73. The van der Waals surface area contributed by atoms with Crippen LogP contribution in [0.15, 0.2) is 24.3 Å². The fraction of sp³-hybridized carbons (Fsp3) is 0.786. The summed E-state index contributed by atoms with van der Waals surface area (Å²) >= 11 is 0. The third kappa shape index (κ3) is 10.0. The number of rotatable bonds is 10. The van der Waals surface area contributed by atoms with Gasteiger partial charge < -0.3 is 0 Å². The second-order valence-electron chi connectivity index (χ2n) is 9.56. The predicted molar refractivity (Wildman–Crippen MR) is 125 cm³/mol. The van der Waals surface area contributed by atoms with Gasteiger partial charge in [-0.05, 0) is 87.2 Å². The lowest BCUT2D eigenvalue weighted by Crippen LogP contribution is -2.13. The van der Waals surface area contributed by atoms with Crippen LogP contribution in [0.3, 0.4) is 0 Å². The van der Waals surface area contributed by atoms with E-state index in [-0.39, 0.29) is 0 Å². The van der Waals surface area contributed by atoms with Crippen LogP contribution in [0.5, 0.6) is 0 Å². The van der Waals surface area contributed by atoms with Crippen molar-refractivity contribution in [2.45, 2.75) is 117 Å². The Labute approximate surface area is 176 Å². The van der Waals surface area contributed by atoms with Crippen LogP contribution in [0, 0.1) is 35.5 Å². The molecule has 28 heavy (non-hydrogen) atoms. The van der Waals surface area contributed by atoms with Crippen molar-refractivity contribution in [3.63, 3.8) is 0 Å². The standard InChI is InChI=1S/C28H46/c1-3-5-9-13-25-17-21-27(22-18-25)15-11-7-8-12-16-28-23-19-26(20-24-28)14-10-6-4-2/h11-12,15-16,25-28H,3-6,9-10,13-14,17-24H2,1-2H3/b15-11+,16-12+/t25-,26-,27-,28-. The third-order valence-corrected chi connectivity index (χ3v) is 7.20. The lowest BCUT2D eigenvalue weighted by molar-refractivity contribution is 0.289. The fourth-order valence-corrected chi connectivity index (χ4v) is 5.17. The Balaban J connectivity index is 1.56. The summed E-state index contributed by atoms with van der Waals surface area (Å²) in [7, 11) is 0. The van der Waals surface area contributed by atoms with E-state index in [0.29, 0.717) is 0 Å². The Morgan fingerprint density at radius 1 is 0.571 bits per heavy atom. The van der Waals surface area contributed by atoms with Gasteiger partial charge in [-0.1, -0.05) is 89.2 Å². The molecule has 0 bridgehead atoms. The van der Waals surface area contributed by atoms with Gasteiger partial charge >= 0.3 is 0 Å². The first kappa shape index (κ1) is 23.3. The molecule has 2 aliphatic carbocycles. The van der Waals surface area contributed by atoms with Crippen molar-refractivity contribution in [1.29, 1.82) is 0 Å². The molecule has 0 N–H and O–H groups in total. The maximum absolute atomic E-state index is 3.25. The summed E-state index contributed by atoms with van der Waals surface area (Å²) < 4.78 is 0. The van der Waals surface area contributed by atoms with E-state index < -0.39 is 0 Å². The van der Waals surface area contributed by atoms with Gasteiger partial charge in [-0.25, -0.2) is 0 Å². The first-order chi connectivity index (χ1) is 13.8. The average molecular weight is 383 g/mol. The summed E-state index contributed by atoms with van der Waals surface area (Å²) in [5.41, 5.74) is 0. The van der Waals surface area contributed by atoms with Gasteiger partial charge in [0, 0.05) is 0 Å². The van der Waals surface area contributed by atoms with Crippen LogP contribution in [0.25, 0.3) is 0 Å². The van der Waals surface area contributed by atoms with Gasteiger partial charge in [0.1, 0.15) is 0 Å². The third-order valence-electron chi connectivity index (χ3n) is 7.20. The van der Waals surface area contributed by atoms with Crippen molar-refractivity contribution in [3.8, 4) is 11.8 Å². The molecule has 0 aromatic carbocycles. The van der Waals surface area contributed by atoms with E-state index in [0.717, 1.165) is 23.7 Å². The minimum absolute atomic E-state index is 0.781. The molecule has 0 amide bonds. The first-order valence-electron chi connectivity index (χ1n) is 12.7. The van der Waals surface area contributed by atoms with Crippen molar-refractivity contribution in [3.05, 3.63) is 24.3 Å². The molecule has 0 aromatic heterocycles. The molecule has 0 saturated heterocycles. The summed E-state index contributed by atoms with van der Waals surface area (Å²) in [5.74, 6) is 10.1. The molecule has 0 heterocycles. The molecule has 2 rings (SSSR count). The van der Waals surface area contributed by atoms with Crippen LogP contribution in [0.1, 0.15) is 117 Å². The molecule has 0 radical (unpaired) electrons. The Morgan fingerprint density at radius 2 is 0.964 bits per heavy atom. The normalized spacial score (nSPS) is 28.5. The van der Waals surface area contributed by atoms with Crippen molar-refractivity contribution >= 4 is 0 Å². The second kappa shape index (κ2) is 15.0. The van der Waals surface area contributed by atoms with Gasteiger partial charge in [0.25, 0.3) is 0 Å². The molecule has 0 unspecified atom stereocenters. The van der Waals surface area contributed by atoms with Crippen LogP contribution in [0.4, 0.5) is 0 Å². The number of unbranched alkanes of at least 4 members (excludes halogenated alkanes) is 4. The van der Waals surface area contributed by atoms with Gasteiger partial charge in [-0.2, -0.15) is 0 Å². The van der Waals surface area contributed by atoms with Crippen molar-refractivity contribution in [2.75, 3.05) is 0 Å². The maximum Gasteiger partial charge on any atom is -0.0153 e. The van der Waals surface area contributed by atoms with E-state index >= 15 is 0 Å². The summed E-state index contributed by atoms with van der Waals surface area (Å²) in [6, 6.07) is 0. The van der Waals surface area contributed by atoms with E-state index in [1.807, 2.05) is 0 Å². The molecule has 0 aliphatic heterocycles. The molecule has 2 fully saturated rings. The molecule has 0 atom stereocenters. The Bertz CT molecular complexity index is 440. The highest BCUT2D eigenvalue weighted by Gasteiger charge is 2.19. The Morgan fingerprint density at radius 3 is 1.32 bits per heavy atom. The van der Waals surface area contributed by atoms with E-state index in [9.17, 15) is 0 Å². The largest absolute Gasteiger partial charge is 0.0730 e. The van der Waals surface area contributed by atoms with E-state index in [1.165, 1.54) is 103 Å². The molecular formula is C28H46. The van der Waals surface area contributed by atoms with Crippen molar-refractivity contribution < 1.29 is 0 Å². The van der Waals surface area contributed by atoms with Crippen LogP contribution < -0.4 is 0 Å². The summed E-state index contributed by atoms with van der Waals surface area (Å²) in [6.07, 6.45) is 31.6. The van der Waals surface area contributed by atoms with Gasteiger partial charge in [0.05, 0.1) is 0 Å². The van der Waals surface area contributed by atoms with Crippen molar-refractivity contribution in [2.24, 2.45) is 23.7 Å². The zero-order chi connectivity index (χ0) is 19.9. The smallest absolute Gasteiger partial charge is 0.0153 e. The molecule has 0 heteroatoms. The number of hydrogen-bond acceptors (Lipinski definition) is 0. The minimum atomic E-state index is 0.781. The van der Waals surface area contributed by atoms with Crippen molar-refractivity contribution in [1.82, 2.24) is 0 Å². The maximum atomic E-state index is 3.25. The number of hydrogen-bond donors (Lipinski definition) is 0. The Hall–Kier alpha value is -0.960. The highest BCUT2D eigenvalue weighted by Crippen LogP contribution is 2.33. The predicted octanol–water partition coefficient (Wildman–Crippen LogP) is 8.88. The molecule has 2 saturated carbocycles. The van der Waals surface area contributed by atoms with E-state index in [1.54, 1.807) is 0 Å². The lowest BCUT2D eigenvalue weighted by Gasteiger charge is -2.26. The Kier molecular flexibility index (Phi) is 12.5. The number of allylic oxidation sites excluding steroid dienone is 4. The molecule has 158 valence electrons. The van der Waals surface area contributed by atoms with Crippen LogP contribution in [-0.2, 0) is 0 Å². The SMILES string of the molecule is CCCCC[C@H]1CC[C@H](/C=C/C#C/C=C/[C@H]2CC[C@H](CCCCC)CC2)CC1. The summed E-state index contributed by atoms with van der Waals surface area (Å²) in [6.45, 7) is 4.61. The van der Waals surface area contributed by atoms with E-state index in [4.69, 9.17) is 0 Å². The topological polar surface area (TPSA) is 0 Å². The van der Waals surface area contributed by atoms with E-state index in [2.05, 4.69) is 50.0 Å². The zero-order valence-corrected chi connectivity index (χ0v) is 18.9. The van der Waals surface area contributed by atoms with Crippen LogP contribution in [-0.4, -0.2) is 0 Å². The quantitative estimate of drug-likeness (QED) is 0.261. The highest BCUT2D eigenvalue weighted by molar-refractivity contribution is 5.24. The minimum Gasteiger partial charge on any atom is -0.0730 e. The molecular weight excluding hydrogens is 336 g/mol. The van der Waals surface area contributed by atoms with Gasteiger partial charge in [0.15, 0.2) is 0 Å². The molecule has 2 aliphatic rings. The van der Waals surface area contributed by atoms with Gasteiger partial charge in [-0.3, -0.25) is 0 Å². The first-order valence-corrected chi connectivity index (χ1v) is 12.7. The fourth-order valence-electron chi connectivity index (χ4n) is 5.17. The monoisotopic (exact) mass is 382 g/mol. The highest BCUT2D eigenvalue weighted by atomic mass is 14.2.